The molecule has 5 amide bonds. The number of amides is 5. The first-order valence-corrected chi connectivity index (χ1v) is 12.8. The number of likely N-dealkylation sites (tertiary alicyclic amines) is 1. The fraction of sp³-hybridized carbons (Fsp3) is 0.615. The van der Waals surface area contributed by atoms with Gasteiger partial charge >= 0.3 is 12.1 Å². The molecule has 3 atom stereocenters. The molecule has 3 fully saturated rings. The zero-order chi connectivity index (χ0) is 24.7. The summed E-state index contributed by atoms with van der Waals surface area (Å²) in [5, 5.41) is 5.22. The number of imide groups is 1. The van der Waals surface area contributed by atoms with Gasteiger partial charge in [-0.25, -0.2) is 14.5 Å². The zero-order valence-electron chi connectivity index (χ0n) is 20.5. The molecule has 4 aliphatic rings. The first-order chi connectivity index (χ1) is 16.8. The molecule has 1 aromatic carbocycles. The minimum atomic E-state index is -1.39. The van der Waals surface area contributed by atoms with Crippen molar-refractivity contribution in [3.63, 3.8) is 0 Å². The maximum atomic E-state index is 13.6. The number of fused-ring (bicyclic) bond motifs is 2. The molecule has 2 aliphatic heterocycles. The molecule has 9 nitrogen and oxygen atoms in total. The maximum absolute atomic E-state index is 13.6. The Kier molecular flexibility index (Phi) is 6.19. The van der Waals surface area contributed by atoms with Crippen molar-refractivity contribution in [3.8, 4) is 0 Å². The number of hydrogen-bond acceptors (Lipinski definition) is 5. The van der Waals surface area contributed by atoms with Crippen LogP contribution in [0.15, 0.2) is 18.2 Å². The molecule has 2 unspecified atom stereocenters. The van der Waals surface area contributed by atoms with E-state index in [0.717, 1.165) is 36.1 Å². The lowest BCUT2D eigenvalue weighted by molar-refractivity contribution is -0.143. The molecule has 1 spiro atoms. The lowest BCUT2D eigenvalue weighted by atomic mass is 9.83. The van der Waals surface area contributed by atoms with Crippen molar-refractivity contribution >= 4 is 29.6 Å². The number of benzene rings is 1. The van der Waals surface area contributed by atoms with Crippen LogP contribution in [0.3, 0.4) is 0 Å². The third-order valence-corrected chi connectivity index (χ3v) is 8.33. The monoisotopic (exact) mass is 482 g/mol. The third-order valence-electron chi connectivity index (χ3n) is 8.33. The van der Waals surface area contributed by atoms with Gasteiger partial charge in [-0.1, -0.05) is 25.3 Å². The van der Waals surface area contributed by atoms with Crippen LogP contribution in [-0.2, 0) is 26.3 Å². The van der Waals surface area contributed by atoms with E-state index in [2.05, 4.69) is 17.6 Å². The van der Waals surface area contributed by atoms with Crippen LogP contribution in [0.1, 0.15) is 69.4 Å². The van der Waals surface area contributed by atoms with Crippen LogP contribution in [0.25, 0.3) is 0 Å². The molecule has 0 radical (unpaired) electrons. The number of nitrogens with zero attached hydrogens (tertiary/aromatic N) is 2. The quantitative estimate of drug-likeness (QED) is 0.683. The van der Waals surface area contributed by atoms with E-state index >= 15 is 0 Å². The van der Waals surface area contributed by atoms with Crippen LogP contribution in [0.2, 0.25) is 0 Å². The standard InChI is InChI=1S/C26H34N4O5/c1-16-8-11-21(17-6-4-3-5-7-17)30(16)22(31)15-29-23(32)26(35-25(29)34)13-12-18-14-19(9-10-20(18)26)28-24(33)27-2/h9-10,14,16-17,21H,3-8,11-13,15H2,1-2H3,(H2,27,28,33)/t16?,21?,26-/m1/s1. The Bertz CT molecular complexity index is 1050. The summed E-state index contributed by atoms with van der Waals surface area (Å²) in [6.45, 7) is 1.78. The second kappa shape index (κ2) is 9.17. The van der Waals surface area contributed by atoms with Gasteiger partial charge in [-0.05, 0) is 62.6 Å². The molecule has 2 saturated heterocycles. The molecule has 2 heterocycles. The Hall–Kier alpha value is -3.10. The predicted molar refractivity (Wildman–Crippen MR) is 129 cm³/mol. The molecule has 1 saturated carbocycles. The Labute approximate surface area is 205 Å². The second-order valence-electron chi connectivity index (χ2n) is 10.4. The summed E-state index contributed by atoms with van der Waals surface area (Å²) in [7, 11) is 1.53. The van der Waals surface area contributed by atoms with E-state index in [0.29, 0.717) is 30.0 Å². The van der Waals surface area contributed by atoms with Crippen molar-refractivity contribution in [2.24, 2.45) is 5.92 Å². The highest BCUT2D eigenvalue weighted by atomic mass is 16.6. The summed E-state index contributed by atoms with van der Waals surface area (Å²) in [5.74, 6) is -0.136. The van der Waals surface area contributed by atoms with E-state index in [1.165, 1.54) is 26.3 Å². The zero-order valence-corrected chi connectivity index (χ0v) is 20.5. The molecule has 188 valence electrons. The normalized spacial score (nSPS) is 28.4. The van der Waals surface area contributed by atoms with Gasteiger partial charge < -0.3 is 20.3 Å². The molecular weight excluding hydrogens is 448 g/mol. The first-order valence-electron chi connectivity index (χ1n) is 12.8. The average Bonchev–Trinajstić information content (AvgIpc) is 3.49. The number of carbonyl (C=O) groups is 4. The molecule has 1 aromatic rings. The summed E-state index contributed by atoms with van der Waals surface area (Å²) in [6, 6.07) is 5.18. The third kappa shape index (κ3) is 4.04. The van der Waals surface area contributed by atoms with Crippen LogP contribution in [-0.4, -0.2) is 59.4 Å². The van der Waals surface area contributed by atoms with Gasteiger partial charge in [0.05, 0.1) is 0 Å². The summed E-state index contributed by atoms with van der Waals surface area (Å²) < 4.78 is 5.70. The van der Waals surface area contributed by atoms with E-state index in [-0.39, 0.29) is 30.6 Å². The van der Waals surface area contributed by atoms with Crippen molar-refractivity contribution in [3.05, 3.63) is 29.3 Å². The van der Waals surface area contributed by atoms with Gasteiger partial charge in [0.1, 0.15) is 6.54 Å². The smallest absolute Gasteiger partial charge is 0.418 e. The average molecular weight is 483 g/mol. The summed E-state index contributed by atoms with van der Waals surface area (Å²) >= 11 is 0. The van der Waals surface area contributed by atoms with Gasteiger partial charge in [-0.15, -0.1) is 0 Å². The second-order valence-corrected chi connectivity index (χ2v) is 10.4. The van der Waals surface area contributed by atoms with Crippen LogP contribution in [0.5, 0.6) is 0 Å². The van der Waals surface area contributed by atoms with E-state index in [4.69, 9.17) is 4.74 Å². The molecule has 35 heavy (non-hydrogen) atoms. The van der Waals surface area contributed by atoms with Crippen molar-refractivity contribution in [2.45, 2.75) is 82.4 Å². The molecular formula is C26H34N4O5. The van der Waals surface area contributed by atoms with E-state index < -0.39 is 17.6 Å². The van der Waals surface area contributed by atoms with Crippen molar-refractivity contribution in [2.75, 3.05) is 18.9 Å². The lowest BCUT2D eigenvalue weighted by Crippen LogP contribution is -2.50. The fourth-order valence-corrected chi connectivity index (χ4v) is 6.57. The Balaban J connectivity index is 1.32. The Morgan fingerprint density at radius 3 is 2.63 bits per heavy atom. The van der Waals surface area contributed by atoms with E-state index in [9.17, 15) is 19.2 Å². The van der Waals surface area contributed by atoms with Gasteiger partial charge in [0.2, 0.25) is 11.5 Å². The van der Waals surface area contributed by atoms with Crippen molar-refractivity contribution in [1.29, 1.82) is 0 Å². The molecule has 5 rings (SSSR count). The number of carbonyl (C=O) groups excluding carboxylic acids is 4. The van der Waals surface area contributed by atoms with Gasteiger partial charge in [-0.2, -0.15) is 0 Å². The highest BCUT2D eigenvalue weighted by Gasteiger charge is 2.58. The topological polar surface area (TPSA) is 108 Å². The molecule has 2 aliphatic carbocycles. The highest BCUT2D eigenvalue weighted by Crippen LogP contribution is 2.46. The van der Waals surface area contributed by atoms with Crippen molar-refractivity contribution < 1.29 is 23.9 Å². The number of hydrogen-bond donors (Lipinski definition) is 2. The maximum Gasteiger partial charge on any atom is 0.418 e. The highest BCUT2D eigenvalue weighted by molar-refractivity contribution is 6.06. The number of nitrogens with one attached hydrogen (secondary N) is 2. The summed E-state index contributed by atoms with van der Waals surface area (Å²) in [6.07, 6.45) is 7.99. The van der Waals surface area contributed by atoms with Crippen LogP contribution >= 0.6 is 0 Å². The summed E-state index contributed by atoms with van der Waals surface area (Å²) in [5.41, 5.74) is 0.680. The predicted octanol–water partition coefficient (Wildman–Crippen LogP) is 3.52. The lowest BCUT2D eigenvalue weighted by Gasteiger charge is -2.36. The van der Waals surface area contributed by atoms with Crippen LogP contribution in [0, 0.1) is 5.92 Å². The van der Waals surface area contributed by atoms with Gasteiger partial charge in [0.25, 0.3) is 5.91 Å². The fourth-order valence-electron chi connectivity index (χ4n) is 6.57. The number of urea groups is 1. The van der Waals surface area contributed by atoms with Crippen LogP contribution in [0.4, 0.5) is 15.3 Å². The number of aryl methyl sites for hydroxylation is 1. The SMILES string of the molecule is CNC(=O)Nc1ccc2c(c1)CC[C@@]21OC(=O)N(CC(=O)N2C(C)CCC2C2CCCCC2)C1=O. The summed E-state index contributed by atoms with van der Waals surface area (Å²) in [4.78, 5) is 54.5. The number of rotatable bonds is 4. The van der Waals surface area contributed by atoms with Crippen LogP contribution < -0.4 is 10.6 Å². The number of ether oxygens (including phenoxy) is 1. The van der Waals surface area contributed by atoms with E-state index in [1.807, 2.05) is 4.90 Å². The van der Waals surface area contributed by atoms with Gasteiger partial charge in [-0.3, -0.25) is 9.59 Å². The first kappa shape index (κ1) is 23.6. The Morgan fingerprint density at radius 2 is 1.89 bits per heavy atom. The molecule has 2 N–H and O–H groups in total. The molecule has 0 aromatic heterocycles. The minimum Gasteiger partial charge on any atom is -0.427 e. The minimum absolute atomic E-state index is 0.107. The largest absolute Gasteiger partial charge is 0.427 e. The Morgan fingerprint density at radius 1 is 1.11 bits per heavy atom. The molecule has 9 heteroatoms. The number of anilines is 1. The van der Waals surface area contributed by atoms with Gasteiger partial charge in [0, 0.05) is 36.8 Å². The van der Waals surface area contributed by atoms with Gasteiger partial charge in [0.15, 0.2) is 0 Å². The van der Waals surface area contributed by atoms with E-state index in [1.54, 1.807) is 18.2 Å². The molecule has 0 bridgehead atoms. The van der Waals surface area contributed by atoms with Crippen molar-refractivity contribution in [1.82, 2.24) is 15.1 Å².